The summed E-state index contributed by atoms with van der Waals surface area (Å²) in [7, 11) is 0. The zero-order valence-electron chi connectivity index (χ0n) is 12.5. The first-order valence-electron chi connectivity index (χ1n) is 7.70. The normalized spacial score (nSPS) is 22.2. The van der Waals surface area contributed by atoms with Crippen LogP contribution in [0.15, 0.2) is 48.8 Å². The SMILES string of the molecule is Cc1cncc(CC2CC(c3ccccc3)CCC2=O)c1. The summed E-state index contributed by atoms with van der Waals surface area (Å²) in [5.41, 5.74) is 3.72. The van der Waals surface area contributed by atoms with E-state index in [1.807, 2.05) is 25.4 Å². The van der Waals surface area contributed by atoms with E-state index in [4.69, 9.17) is 0 Å². The van der Waals surface area contributed by atoms with Crippen molar-refractivity contribution in [1.82, 2.24) is 4.98 Å². The minimum Gasteiger partial charge on any atom is -0.299 e. The molecular weight excluding hydrogens is 258 g/mol. The first-order valence-corrected chi connectivity index (χ1v) is 7.70. The van der Waals surface area contributed by atoms with E-state index in [-0.39, 0.29) is 5.92 Å². The van der Waals surface area contributed by atoms with Gasteiger partial charge in [0.25, 0.3) is 0 Å². The van der Waals surface area contributed by atoms with Crippen molar-refractivity contribution in [2.75, 3.05) is 0 Å². The molecule has 2 heteroatoms. The van der Waals surface area contributed by atoms with Crippen LogP contribution in [0.5, 0.6) is 0 Å². The van der Waals surface area contributed by atoms with Gasteiger partial charge in [0.2, 0.25) is 0 Å². The second kappa shape index (κ2) is 6.21. The summed E-state index contributed by atoms with van der Waals surface area (Å²) in [6, 6.07) is 12.7. The van der Waals surface area contributed by atoms with Gasteiger partial charge in [-0.2, -0.15) is 0 Å². The summed E-state index contributed by atoms with van der Waals surface area (Å²) in [6.07, 6.45) is 7.26. The molecule has 1 aromatic heterocycles. The summed E-state index contributed by atoms with van der Waals surface area (Å²) in [5, 5.41) is 0. The van der Waals surface area contributed by atoms with Crippen molar-refractivity contribution in [1.29, 1.82) is 0 Å². The predicted octanol–water partition coefficient (Wildman–Crippen LogP) is 4.09. The van der Waals surface area contributed by atoms with Crippen molar-refractivity contribution in [2.24, 2.45) is 5.92 Å². The highest BCUT2D eigenvalue weighted by Gasteiger charge is 2.29. The van der Waals surface area contributed by atoms with Gasteiger partial charge in [0.05, 0.1) is 0 Å². The third kappa shape index (κ3) is 3.38. The van der Waals surface area contributed by atoms with Crippen LogP contribution in [0.4, 0.5) is 0 Å². The Bertz CT molecular complexity index is 620. The van der Waals surface area contributed by atoms with E-state index in [0.29, 0.717) is 18.1 Å². The average Bonchev–Trinajstić information content (AvgIpc) is 2.50. The standard InChI is InChI=1S/C19H21NO/c1-14-9-15(13-20-12-14)10-18-11-17(7-8-19(18)21)16-5-3-2-4-6-16/h2-6,9,12-13,17-18H,7-8,10-11H2,1H3. The number of aryl methyl sites for hydroxylation is 1. The number of nitrogens with zero attached hydrogens (tertiary/aromatic N) is 1. The fourth-order valence-corrected chi connectivity index (χ4v) is 3.35. The number of carbonyl (C=O) groups is 1. The molecule has 2 aromatic rings. The lowest BCUT2D eigenvalue weighted by Crippen LogP contribution is -2.25. The van der Waals surface area contributed by atoms with E-state index < -0.39 is 0 Å². The number of carbonyl (C=O) groups excluding carboxylic acids is 1. The van der Waals surface area contributed by atoms with Crippen molar-refractivity contribution in [3.8, 4) is 0 Å². The number of benzene rings is 1. The lowest BCUT2D eigenvalue weighted by atomic mass is 9.75. The molecule has 1 heterocycles. The maximum atomic E-state index is 12.2. The lowest BCUT2D eigenvalue weighted by molar-refractivity contribution is -0.124. The molecule has 1 saturated carbocycles. The van der Waals surface area contributed by atoms with Crippen molar-refractivity contribution in [3.05, 3.63) is 65.5 Å². The first kappa shape index (κ1) is 14.0. The second-order valence-corrected chi connectivity index (χ2v) is 6.12. The topological polar surface area (TPSA) is 30.0 Å². The summed E-state index contributed by atoms with van der Waals surface area (Å²) in [6.45, 7) is 2.05. The Hall–Kier alpha value is -1.96. The Balaban J connectivity index is 1.73. The third-order valence-corrected chi connectivity index (χ3v) is 4.45. The van der Waals surface area contributed by atoms with E-state index in [2.05, 4.69) is 35.3 Å². The average molecular weight is 279 g/mol. The van der Waals surface area contributed by atoms with Crippen LogP contribution < -0.4 is 0 Å². The van der Waals surface area contributed by atoms with Crippen molar-refractivity contribution in [3.63, 3.8) is 0 Å². The third-order valence-electron chi connectivity index (χ3n) is 4.45. The lowest BCUT2D eigenvalue weighted by Gasteiger charge is -2.28. The molecule has 108 valence electrons. The fraction of sp³-hybridized carbons (Fsp3) is 0.368. The Labute approximate surface area is 126 Å². The van der Waals surface area contributed by atoms with E-state index in [1.54, 1.807) is 0 Å². The van der Waals surface area contributed by atoms with Crippen LogP contribution in [0.3, 0.4) is 0 Å². The molecule has 1 aliphatic carbocycles. The van der Waals surface area contributed by atoms with Crippen molar-refractivity contribution >= 4 is 5.78 Å². The van der Waals surface area contributed by atoms with Gasteiger partial charge in [-0.05, 0) is 48.8 Å². The Morgan fingerprint density at radius 2 is 2.00 bits per heavy atom. The minimum absolute atomic E-state index is 0.146. The summed E-state index contributed by atoms with van der Waals surface area (Å²) in [5.74, 6) is 1.09. The molecule has 0 amide bonds. The Morgan fingerprint density at radius 3 is 2.76 bits per heavy atom. The zero-order valence-corrected chi connectivity index (χ0v) is 12.5. The van der Waals surface area contributed by atoms with Gasteiger partial charge in [-0.3, -0.25) is 9.78 Å². The molecule has 0 radical (unpaired) electrons. The molecule has 2 atom stereocenters. The monoisotopic (exact) mass is 279 g/mol. The molecule has 1 fully saturated rings. The molecule has 0 aliphatic heterocycles. The molecule has 0 N–H and O–H groups in total. The predicted molar refractivity (Wildman–Crippen MR) is 84.2 cm³/mol. The van der Waals surface area contributed by atoms with E-state index in [0.717, 1.165) is 24.8 Å². The summed E-state index contributed by atoms with van der Waals surface area (Å²) in [4.78, 5) is 16.5. The van der Waals surface area contributed by atoms with Gasteiger partial charge in [0, 0.05) is 24.7 Å². The molecule has 0 saturated heterocycles. The molecule has 21 heavy (non-hydrogen) atoms. The van der Waals surface area contributed by atoms with Gasteiger partial charge in [-0.1, -0.05) is 36.4 Å². The van der Waals surface area contributed by atoms with Gasteiger partial charge in [0.1, 0.15) is 5.78 Å². The zero-order chi connectivity index (χ0) is 14.7. The number of aromatic nitrogens is 1. The number of ketones is 1. The van der Waals surface area contributed by atoms with Crippen LogP contribution in [0, 0.1) is 12.8 Å². The second-order valence-electron chi connectivity index (χ2n) is 6.12. The molecule has 0 spiro atoms. The maximum absolute atomic E-state index is 12.2. The Kier molecular flexibility index (Phi) is 4.14. The smallest absolute Gasteiger partial charge is 0.136 e. The van der Waals surface area contributed by atoms with Crippen LogP contribution in [0.1, 0.15) is 41.9 Å². The van der Waals surface area contributed by atoms with Crippen molar-refractivity contribution in [2.45, 2.75) is 38.5 Å². The minimum atomic E-state index is 0.146. The number of hydrogen-bond acceptors (Lipinski definition) is 2. The van der Waals surface area contributed by atoms with Gasteiger partial charge in [0.15, 0.2) is 0 Å². The molecule has 2 unspecified atom stereocenters. The van der Waals surface area contributed by atoms with Crippen LogP contribution in [0.2, 0.25) is 0 Å². The van der Waals surface area contributed by atoms with Crippen molar-refractivity contribution < 1.29 is 4.79 Å². The highest BCUT2D eigenvalue weighted by atomic mass is 16.1. The van der Waals surface area contributed by atoms with Gasteiger partial charge < -0.3 is 0 Å². The Morgan fingerprint density at radius 1 is 1.19 bits per heavy atom. The number of Topliss-reactive ketones (excluding diaryl/α,β-unsaturated/α-hetero) is 1. The molecule has 0 bridgehead atoms. The maximum Gasteiger partial charge on any atom is 0.136 e. The number of pyridine rings is 1. The highest BCUT2D eigenvalue weighted by molar-refractivity contribution is 5.82. The van der Waals surface area contributed by atoms with Gasteiger partial charge in [-0.15, -0.1) is 0 Å². The summed E-state index contributed by atoms with van der Waals surface area (Å²) < 4.78 is 0. The van der Waals surface area contributed by atoms with Crippen LogP contribution in [-0.4, -0.2) is 10.8 Å². The summed E-state index contributed by atoms with van der Waals surface area (Å²) >= 11 is 0. The van der Waals surface area contributed by atoms with E-state index >= 15 is 0 Å². The van der Waals surface area contributed by atoms with Gasteiger partial charge in [-0.25, -0.2) is 0 Å². The number of hydrogen-bond donors (Lipinski definition) is 0. The van der Waals surface area contributed by atoms with Crippen LogP contribution in [0.25, 0.3) is 0 Å². The molecule has 2 nitrogen and oxygen atoms in total. The molecular formula is C19H21NO. The largest absolute Gasteiger partial charge is 0.299 e. The van der Waals surface area contributed by atoms with E-state index in [1.165, 1.54) is 11.1 Å². The van der Waals surface area contributed by atoms with Gasteiger partial charge >= 0.3 is 0 Å². The van der Waals surface area contributed by atoms with E-state index in [9.17, 15) is 4.79 Å². The number of rotatable bonds is 3. The highest BCUT2D eigenvalue weighted by Crippen LogP contribution is 2.35. The first-order chi connectivity index (χ1) is 10.2. The molecule has 1 aliphatic rings. The fourth-order valence-electron chi connectivity index (χ4n) is 3.35. The quantitative estimate of drug-likeness (QED) is 0.847. The van der Waals surface area contributed by atoms with Crippen LogP contribution in [-0.2, 0) is 11.2 Å². The molecule has 1 aromatic carbocycles. The molecule has 3 rings (SSSR count). The van der Waals surface area contributed by atoms with Crippen LogP contribution >= 0.6 is 0 Å².